The largest absolute Gasteiger partial charge is 0.481 e. The van der Waals surface area contributed by atoms with E-state index in [1.54, 1.807) is 0 Å². The van der Waals surface area contributed by atoms with Crippen molar-refractivity contribution in [2.75, 3.05) is 0 Å². The summed E-state index contributed by atoms with van der Waals surface area (Å²) in [6, 6.07) is 18.2. The van der Waals surface area contributed by atoms with E-state index in [9.17, 15) is 9.90 Å². The van der Waals surface area contributed by atoms with Gasteiger partial charge >= 0.3 is 5.97 Å². The summed E-state index contributed by atoms with van der Waals surface area (Å²) in [6.07, 6.45) is 5.23. The first-order chi connectivity index (χ1) is 11.1. The van der Waals surface area contributed by atoms with Crippen LogP contribution in [-0.4, -0.2) is 11.1 Å². The van der Waals surface area contributed by atoms with Gasteiger partial charge in [0, 0.05) is 15.8 Å². The molecule has 4 atom stereocenters. The number of carboxylic acid groups (broad SMARTS) is 1. The van der Waals surface area contributed by atoms with Crippen LogP contribution < -0.4 is 0 Å². The Morgan fingerprint density at radius 2 is 1.91 bits per heavy atom. The minimum atomic E-state index is -0.703. The van der Waals surface area contributed by atoms with Gasteiger partial charge in [-0.3, -0.25) is 4.79 Å². The van der Waals surface area contributed by atoms with E-state index in [1.807, 2.05) is 30.3 Å². The molecule has 2 aliphatic carbocycles. The molecule has 0 saturated heterocycles. The second-order valence-corrected chi connectivity index (χ2v) is 7.45. The Kier molecular flexibility index (Phi) is 3.42. The van der Waals surface area contributed by atoms with Gasteiger partial charge in [0.05, 0.1) is 5.92 Å². The maximum atomic E-state index is 12.2. The van der Waals surface area contributed by atoms with Crippen LogP contribution >= 0.6 is 15.9 Å². The lowest BCUT2D eigenvalue weighted by Gasteiger charge is -2.34. The first-order valence-corrected chi connectivity index (χ1v) is 8.64. The normalized spacial score (nSPS) is 31.4. The Morgan fingerprint density at radius 1 is 1.13 bits per heavy atom. The second-order valence-electron chi connectivity index (χ2n) is 6.53. The monoisotopic (exact) mass is 368 g/mol. The fourth-order valence-electron chi connectivity index (χ4n) is 4.53. The number of aliphatic carboxylic acids is 1. The topological polar surface area (TPSA) is 37.3 Å². The number of halogens is 1. The fraction of sp³-hybridized carbons (Fsp3) is 0.250. The summed E-state index contributed by atoms with van der Waals surface area (Å²) in [4.78, 5) is 12.2. The molecule has 0 amide bonds. The van der Waals surface area contributed by atoms with Crippen molar-refractivity contribution in [1.82, 2.24) is 0 Å². The Hall–Kier alpha value is -1.87. The highest BCUT2D eigenvalue weighted by Crippen LogP contribution is 2.61. The lowest BCUT2D eigenvalue weighted by Crippen LogP contribution is -2.37. The molecular weight excluding hydrogens is 352 g/mol. The van der Waals surface area contributed by atoms with E-state index in [2.05, 4.69) is 52.3 Å². The third-order valence-electron chi connectivity index (χ3n) is 5.40. The van der Waals surface area contributed by atoms with Gasteiger partial charge < -0.3 is 5.11 Å². The van der Waals surface area contributed by atoms with Crippen molar-refractivity contribution < 1.29 is 9.90 Å². The molecule has 1 fully saturated rings. The molecule has 2 nitrogen and oxygen atoms in total. The van der Waals surface area contributed by atoms with E-state index < -0.39 is 17.3 Å². The summed E-state index contributed by atoms with van der Waals surface area (Å²) >= 11 is 3.52. The molecule has 2 aromatic carbocycles. The van der Waals surface area contributed by atoms with Crippen molar-refractivity contribution in [2.45, 2.75) is 17.8 Å². The number of hydrogen-bond donors (Lipinski definition) is 1. The van der Waals surface area contributed by atoms with Gasteiger partial charge in [0.1, 0.15) is 0 Å². The Balaban J connectivity index is 1.86. The fourth-order valence-corrected chi connectivity index (χ4v) is 4.93. The van der Waals surface area contributed by atoms with Crippen molar-refractivity contribution in [3.8, 4) is 0 Å². The zero-order valence-electron chi connectivity index (χ0n) is 12.5. The summed E-state index contributed by atoms with van der Waals surface area (Å²) in [6.45, 7) is 0. The van der Waals surface area contributed by atoms with Crippen LogP contribution in [0, 0.1) is 11.8 Å². The van der Waals surface area contributed by atoms with E-state index in [0.717, 1.165) is 22.0 Å². The van der Waals surface area contributed by atoms with E-state index in [0.29, 0.717) is 0 Å². The molecule has 2 bridgehead atoms. The lowest BCUT2D eigenvalue weighted by atomic mass is 9.68. The van der Waals surface area contributed by atoms with E-state index in [1.165, 1.54) is 0 Å². The van der Waals surface area contributed by atoms with Crippen LogP contribution in [0.1, 0.15) is 23.5 Å². The molecule has 0 heterocycles. The van der Waals surface area contributed by atoms with Crippen molar-refractivity contribution in [3.05, 3.63) is 82.3 Å². The van der Waals surface area contributed by atoms with Gasteiger partial charge in [-0.1, -0.05) is 70.5 Å². The lowest BCUT2D eigenvalue weighted by molar-refractivity contribution is -0.143. The number of fused-ring (bicyclic) bond motifs is 2. The second kappa shape index (κ2) is 5.34. The molecule has 2 aromatic rings. The quantitative estimate of drug-likeness (QED) is 0.792. The van der Waals surface area contributed by atoms with Gasteiger partial charge in [-0.25, -0.2) is 0 Å². The first kappa shape index (κ1) is 14.7. The molecule has 4 rings (SSSR count). The molecule has 0 aromatic heterocycles. The Labute approximate surface area is 144 Å². The average molecular weight is 369 g/mol. The zero-order valence-corrected chi connectivity index (χ0v) is 14.1. The van der Waals surface area contributed by atoms with Crippen LogP contribution in [-0.2, 0) is 10.2 Å². The molecule has 3 heteroatoms. The molecule has 23 heavy (non-hydrogen) atoms. The van der Waals surface area contributed by atoms with Crippen LogP contribution in [0.4, 0.5) is 0 Å². The molecule has 2 aliphatic rings. The third-order valence-corrected chi connectivity index (χ3v) is 5.90. The first-order valence-electron chi connectivity index (χ1n) is 7.85. The van der Waals surface area contributed by atoms with Crippen molar-refractivity contribution in [2.24, 2.45) is 11.8 Å². The highest BCUT2D eigenvalue weighted by atomic mass is 79.9. The van der Waals surface area contributed by atoms with Gasteiger partial charge in [0.25, 0.3) is 0 Å². The number of rotatable bonds is 3. The number of benzene rings is 2. The summed E-state index contributed by atoms with van der Waals surface area (Å²) in [7, 11) is 0. The standard InChI is InChI=1S/C20H17BrO2/c21-16-8-4-7-15(11-16)20-10-9-14(12-20)17(18(20)19(22)23)13-5-2-1-3-6-13/h1-11,14,17-18H,12H2,(H,22,23). The maximum absolute atomic E-state index is 12.2. The third kappa shape index (κ3) is 2.18. The highest BCUT2D eigenvalue weighted by Gasteiger charge is 2.59. The van der Waals surface area contributed by atoms with Crippen LogP contribution in [0.5, 0.6) is 0 Å². The molecule has 0 spiro atoms. The number of carboxylic acids is 1. The van der Waals surface area contributed by atoms with Gasteiger partial charge in [-0.05, 0) is 35.6 Å². The zero-order chi connectivity index (χ0) is 16.0. The van der Waals surface area contributed by atoms with Crippen LogP contribution in [0.2, 0.25) is 0 Å². The van der Waals surface area contributed by atoms with E-state index >= 15 is 0 Å². The molecule has 1 N–H and O–H groups in total. The Morgan fingerprint density at radius 3 is 2.61 bits per heavy atom. The molecule has 4 unspecified atom stereocenters. The predicted molar refractivity (Wildman–Crippen MR) is 93.4 cm³/mol. The maximum Gasteiger partial charge on any atom is 0.308 e. The van der Waals surface area contributed by atoms with Crippen LogP contribution in [0.15, 0.2) is 71.2 Å². The van der Waals surface area contributed by atoms with Crippen molar-refractivity contribution in [3.63, 3.8) is 0 Å². The van der Waals surface area contributed by atoms with Crippen LogP contribution in [0.25, 0.3) is 0 Å². The van der Waals surface area contributed by atoms with Crippen molar-refractivity contribution >= 4 is 21.9 Å². The molecule has 116 valence electrons. The van der Waals surface area contributed by atoms with Crippen molar-refractivity contribution in [1.29, 1.82) is 0 Å². The van der Waals surface area contributed by atoms with E-state index in [-0.39, 0.29) is 11.8 Å². The molecule has 0 radical (unpaired) electrons. The van der Waals surface area contributed by atoms with Gasteiger partial charge in [0.15, 0.2) is 0 Å². The van der Waals surface area contributed by atoms with Crippen LogP contribution in [0.3, 0.4) is 0 Å². The van der Waals surface area contributed by atoms with Gasteiger partial charge in [0.2, 0.25) is 0 Å². The highest BCUT2D eigenvalue weighted by molar-refractivity contribution is 9.10. The SMILES string of the molecule is O=C(O)C1C(c2ccccc2)C2C=CC1(c1cccc(Br)c1)C2. The molecular formula is C20H17BrO2. The number of hydrogen-bond acceptors (Lipinski definition) is 1. The summed E-state index contributed by atoms with van der Waals surface area (Å²) in [5.74, 6) is -0.796. The average Bonchev–Trinajstić information content (AvgIpc) is 3.13. The minimum absolute atomic E-state index is 0.0395. The van der Waals surface area contributed by atoms with Gasteiger partial charge in [-0.2, -0.15) is 0 Å². The smallest absolute Gasteiger partial charge is 0.308 e. The molecule has 0 aliphatic heterocycles. The molecule has 1 saturated carbocycles. The summed E-state index contributed by atoms with van der Waals surface area (Å²) in [5.41, 5.74) is 1.82. The summed E-state index contributed by atoms with van der Waals surface area (Å²) in [5, 5.41) is 10.0. The summed E-state index contributed by atoms with van der Waals surface area (Å²) < 4.78 is 0.994. The van der Waals surface area contributed by atoms with E-state index in [4.69, 9.17) is 0 Å². The number of carbonyl (C=O) groups is 1. The van der Waals surface area contributed by atoms with Gasteiger partial charge in [-0.15, -0.1) is 0 Å². The Bertz CT molecular complexity index is 783. The predicted octanol–water partition coefficient (Wildman–Crippen LogP) is 4.76. The minimum Gasteiger partial charge on any atom is -0.481 e. The number of allylic oxidation sites excluding steroid dienone is 2.